The minimum atomic E-state index is -0.790. The normalized spacial score (nSPS) is 15.3. The zero-order valence-corrected chi connectivity index (χ0v) is 25.6. The number of halogens is 2. The lowest BCUT2D eigenvalue weighted by molar-refractivity contribution is -0.139. The second-order valence-corrected chi connectivity index (χ2v) is 11.5. The molecule has 4 rings (SSSR count). The number of thiazole rings is 1. The van der Waals surface area contributed by atoms with Crippen LogP contribution in [0, 0.1) is 0 Å². The molecule has 2 aromatic carbocycles. The maximum Gasteiger partial charge on any atom is 0.338 e. The number of aromatic nitrogens is 1. The maximum atomic E-state index is 14.1. The van der Waals surface area contributed by atoms with Crippen LogP contribution >= 0.6 is 38.9 Å². The van der Waals surface area contributed by atoms with Gasteiger partial charge < -0.3 is 14.2 Å². The molecular formula is C29H30BrClN2O5S. The second kappa shape index (κ2) is 12.5. The summed E-state index contributed by atoms with van der Waals surface area (Å²) in [7, 11) is 1.56. The number of nitrogens with zero attached hydrogens (tertiary/aromatic N) is 2. The van der Waals surface area contributed by atoms with Gasteiger partial charge >= 0.3 is 5.97 Å². The van der Waals surface area contributed by atoms with Crippen LogP contribution in [-0.4, -0.2) is 30.4 Å². The van der Waals surface area contributed by atoms with Crippen LogP contribution in [0.1, 0.15) is 57.7 Å². The zero-order chi connectivity index (χ0) is 28.3. The first kappa shape index (κ1) is 29.1. The monoisotopic (exact) mass is 632 g/mol. The van der Waals surface area contributed by atoms with Gasteiger partial charge in [0.2, 0.25) is 0 Å². The Balaban J connectivity index is 2.05. The highest BCUT2D eigenvalue weighted by atomic mass is 79.9. The average molecular weight is 634 g/mol. The van der Waals surface area contributed by atoms with Crippen LogP contribution < -0.4 is 24.4 Å². The van der Waals surface area contributed by atoms with Gasteiger partial charge in [0.05, 0.1) is 35.6 Å². The summed E-state index contributed by atoms with van der Waals surface area (Å²) in [5, 5.41) is 0.525. The van der Waals surface area contributed by atoms with E-state index in [9.17, 15) is 9.59 Å². The van der Waals surface area contributed by atoms with E-state index in [0.717, 1.165) is 10.9 Å². The summed E-state index contributed by atoms with van der Waals surface area (Å²) in [4.78, 5) is 32.8. The average Bonchev–Trinajstić information content (AvgIpc) is 3.19. The van der Waals surface area contributed by atoms with E-state index in [1.165, 1.54) is 11.3 Å². The van der Waals surface area contributed by atoms with Crippen molar-refractivity contribution in [3.8, 4) is 11.5 Å². The van der Waals surface area contributed by atoms with Gasteiger partial charge in [0.15, 0.2) is 4.80 Å². The molecule has 10 heteroatoms. The number of rotatable bonds is 9. The molecule has 0 unspecified atom stereocenters. The second-order valence-electron chi connectivity index (χ2n) is 9.15. The Labute approximate surface area is 244 Å². The fourth-order valence-electron chi connectivity index (χ4n) is 4.47. The smallest absolute Gasteiger partial charge is 0.338 e. The van der Waals surface area contributed by atoms with Crippen molar-refractivity contribution < 1.29 is 19.0 Å². The van der Waals surface area contributed by atoms with Gasteiger partial charge in [-0.1, -0.05) is 52.2 Å². The number of fused-ring (bicyclic) bond motifs is 1. The van der Waals surface area contributed by atoms with E-state index >= 15 is 0 Å². The van der Waals surface area contributed by atoms with Gasteiger partial charge in [0, 0.05) is 20.6 Å². The number of benzene rings is 2. The van der Waals surface area contributed by atoms with Crippen molar-refractivity contribution in [1.82, 2.24) is 4.57 Å². The van der Waals surface area contributed by atoms with Crippen molar-refractivity contribution in [2.24, 2.45) is 4.99 Å². The van der Waals surface area contributed by atoms with Crippen molar-refractivity contribution in [2.45, 2.75) is 52.7 Å². The van der Waals surface area contributed by atoms with Gasteiger partial charge in [-0.3, -0.25) is 9.36 Å². The van der Waals surface area contributed by atoms with Gasteiger partial charge in [-0.05, 0) is 69.7 Å². The largest absolute Gasteiger partial charge is 0.496 e. The Bertz CT molecular complexity index is 1610. The molecule has 1 aromatic heterocycles. The van der Waals surface area contributed by atoms with Crippen LogP contribution in [0.25, 0.3) is 6.08 Å². The first-order chi connectivity index (χ1) is 18.7. The van der Waals surface area contributed by atoms with Crippen LogP contribution in [-0.2, 0) is 9.53 Å². The fraction of sp³-hybridized carbons (Fsp3) is 0.345. The third-order valence-corrected chi connectivity index (χ3v) is 7.71. The van der Waals surface area contributed by atoms with Crippen LogP contribution in [0.5, 0.6) is 11.5 Å². The lowest BCUT2D eigenvalue weighted by atomic mass is 9.93. The SMILES string of the molecule is CCCC1=C(C(=O)OCC)[C@@H](c2cc(Br)ccc2OC)n2c(s/c(=C\c3cc(Cl)ccc3OC(C)C)c2=O)=N1. The molecule has 0 amide bonds. The predicted molar refractivity (Wildman–Crippen MR) is 158 cm³/mol. The predicted octanol–water partition coefficient (Wildman–Crippen LogP) is 5.79. The number of hydrogen-bond donors (Lipinski definition) is 0. The third-order valence-electron chi connectivity index (χ3n) is 6.00. The van der Waals surface area contributed by atoms with E-state index in [0.29, 0.717) is 54.7 Å². The lowest BCUT2D eigenvalue weighted by Crippen LogP contribution is -2.40. The molecule has 0 N–H and O–H groups in total. The molecule has 7 nitrogen and oxygen atoms in total. The highest BCUT2D eigenvalue weighted by Crippen LogP contribution is 2.38. The highest BCUT2D eigenvalue weighted by Gasteiger charge is 2.36. The molecule has 39 heavy (non-hydrogen) atoms. The fourth-order valence-corrected chi connectivity index (χ4v) is 6.04. The minimum Gasteiger partial charge on any atom is -0.496 e. The molecule has 1 atom stereocenters. The molecule has 206 valence electrons. The Morgan fingerprint density at radius 1 is 1.21 bits per heavy atom. The van der Waals surface area contributed by atoms with Crippen LogP contribution in [0.2, 0.25) is 5.02 Å². The summed E-state index contributed by atoms with van der Waals surface area (Å²) in [5.41, 5.74) is 1.97. The van der Waals surface area contributed by atoms with Gasteiger partial charge in [0.25, 0.3) is 5.56 Å². The number of carbonyl (C=O) groups excluding carboxylic acids is 1. The Kier molecular flexibility index (Phi) is 9.35. The quantitative estimate of drug-likeness (QED) is 0.279. The van der Waals surface area contributed by atoms with E-state index in [2.05, 4.69) is 15.9 Å². The van der Waals surface area contributed by atoms with Gasteiger partial charge in [0.1, 0.15) is 17.5 Å². The maximum absolute atomic E-state index is 14.1. The first-order valence-corrected chi connectivity index (χ1v) is 14.7. The standard InChI is InChI=1S/C29H30BrClN2O5S/c1-6-8-21-25(28(35)37-7-2)26(20-15-18(30)9-11-23(20)36-5)33-27(34)24(39-29(33)32-21)14-17-13-19(31)10-12-22(17)38-16(3)4/h9-16,26H,6-8H2,1-5H3/b24-14-/t26-/m1/s1. The van der Waals surface area contributed by atoms with E-state index < -0.39 is 12.0 Å². The van der Waals surface area contributed by atoms with Crippen LogP contribution in [0.4, 0.5) is 0 Å². The molecule has 1 aliphatic rings. The Morgan fingerprint density at radius 2 is 1.95 bits per heavy atom. The van der Waals surface area contributed by atoms with Gasteiger partial charge in [-0.15, -0.1) is 0 Å². The summed E-state index contributed by atoms with van der Waals surface area (Å²) < 4.78 is 19.9. The molecule has 0 aliphatic carbocycles. The van der Waals surface area contributed by atoms with Gasteiger partial charge in [-0.25, -0.2) is 9.79 Å². The number of methoxy groups -OCH3 is 1. The van der Waals surface area contributed by atoms with Crippen molar-refractivity contribution in [3.05, 3.63) is 88.0 Å². The van der Waals surface area contributed by atoms with Crippen LogP contribution in [0.3, 0.4) is 0 Å². The summed E-state index contributed by atoms with van der Waals surface area (Å²) in [6.45, 7) is 7.84. The van der Waals surface area contributed by atoms with E-state index in [4.69, 9.17) is 30.8 Å². The summed E-state index contributed by atoms with van der Waals surface area (Å²) in [6.07, 6.45) is 3.01. The Morgan fingerprint density at radius 3 is 2.62 bits per heavy atom. The molecule has 0 bridgehead atoms. The molecule has 0 spiro atoms. The summed E-state index contributed by atoms with van der Waals surface area (Å²) in [5.74, 6) is 0.651. The van der Waals surface area contributed by atoms with E-state index in [-0.39, 0.29) is 18.3 Å². The number of ether oxygens (including phenoxy) is 3. The first-order valence-electron chi connectivity index (χ1n) is 12.7. The molecule has 1 aliphatic heterocycles. The van der Waals surface area contributed by atoms with E-state index in [1.807, 2.05) is 32.9 Å². The zero-order valence-electron chi connectivity index (χ0n) is 22.4. The molecule has 0 radical (unpaired) electrons. The summed E-state index contributed by atoms with van der Waals surface area (Å²) in [6, 6.07) is 10.0. The number of allylic oxidation sites excluding steroid dienone is 1. The van der Waals surface area contributed by atoms with Crippen molar-refractivity contribution in [1.29, 1.82) is 0 Å². The molecule has 3 aromatic rings. The number of esters is 1. The van der Waals surface area contributed by atoms with Gasteiger partial charge in [-0.2, -0.15) is 0 Å². The summed E-state index contributed by atoms with van der Waals surface area (Å²) >= 11 is 11.1. The van der Waals surface area contributed by atoms with Crippen molar-refractivity contribution in [2.75, 3.05) is 13.7 Å². The number of carbonyl (C=O) groups is 1. The molecular weight excluding hydrogens is 604 g/mol. The molecule has 0 saturated carbocycles. The molecule has 0 fully saturated rings. The molecule has 0 saturated heterocycles. The highest BCUT2D eigenvalue weighted by molar-refractivity contribution is 9.10. The Hall–Kier alpha value is -2.88. The third kappa shape index (κ3) is 6.15. The van der Waals surface area contributed by atoms with Crippen molar-refractivity contribution >= 4 is 50.9 Å². The van der Waals surface area contributed by atoms with Crippen molar-refractivity contribution in [3.63, 3.8) is 0 Å². The topological polar surface area (TPSA) is 79.1 Å². The van der Waals surface area contributed by atoms with Crippen LogP contribution in [0.15, 0.2) is 61.9 Å². The molecule has 2 heterocycles. The number of hydrogen-bond acceptors (Lipinski definition) is 7. The van der Waals surface area contributed by atoms with E-state index in [1.54, 1.807) is 48.9 Å². The lowest BCUT2D eigenvalue weighted by Gasteiger charge is -2.27. The minimum absolute atomic E-state index is 0.0627.